The van der Waals surface area contributed by atoms with E-state index in [0.29, 0.717) is 12.2 Å². The maximum Gasteiger partial charge on any atom is 0.152 e. The Balaban J connectivity index is 1.69. The summed E-state index contributed by atoms with van der Waals surface area (Å²) >= 11 is 0. The van der Waals surface area contributed by atoms with E-state index in [0.717, 1.165) is 39.6 Å². The monoisotopic (exact) mass is 327 g/mol. The summed E-state index contributed by atoms with van der Waals surface area (Å²) in [4.78, 5) is 14.3. The number of H-pyrrole nitrogens is 1. The van der Waals surface area contributed by atoms with E-state index in [1.807, 2.05) is 72.8 Å². The average Bonchev–Trinajstić information content (AvgIpc) is 3.10. The minimum absolute atomic E-state index is 0.518. The van der Waals surface area contributed by atoms with E-state index in [9.17, 15) is 4.79 Å². The number of hydrogen-bond acceptors (Lipinski definition) is 2. The third kappa shape index (κ3) is 3.04. The van der Waals surface area contributed by atoms with Crippen LogP contribution in [0.4, 0.5) is 0 Å². The molecular formula is C22H17NO2. The highest BCUT2D eigenvalue weighted by atomic mass is 16.5. The first-order valence-corrected chi connectivity index (χ1v) is 8.17. The summed E-state index contributed by atoms with van der Waals surface area (Å²) in [5, 5.41) is 0.922. The molecule has 122 valence electrons. The molecule has 1 aromatic heterocycles. The maximum absolute atomic E-state index is 11.2. The molecule has 0 aliphatic rings. The molecular weight excluding hydrogens is 310 g/mol. The Bertz CT molecular complexity index is 1020. The van der Waals surface area contributed by atoms with E-state index < -0.39 is 0 Å². The second kappa shape index (κ2) is 6.65. The number of benzene rings is 3. The molecule has 3 heteroatoms. The number of para-hydroxylation sites is 1. The van der Waals surface area contributed by atoms with Gasteiger partial charge >= 0.3 is 0 Å². The van der Waals surface area contributed by atoms with E-state index in [4.69, 9.17) is 4.74 Å². The van der Waals surface area contributed by atoms with Gasteiger partial charge in [0.15, 0.2) is 6.29 Å². The van der Waals surface area contributed by atoms with Gasteiger partial charge in [-0.15, -0.1) is 0 Å². The number of nitrogens with one attached hydrogen (secondary N) is 1. The quantitative estimate of drug-likeness (QED) is 0.510. The van der Waals surface area contributed by atoms with Crippen molar-refractivity contribution in [3.8, 4) is 16.9 Å². The summed E-state index contributed by atoms with van der Waals surface area (Å²) in [5.41, 5.74) is 4.78. The molecule has 0 radical (unpaired) electrons. The smallest absolute Gasteiger partial charge is 0.152 e. The first-order valence-electron chi connectivity index (χ1n) is 8.17. The average molecular weight is 327 g/mol. The van der Waals surface area contributed by atoms with Crippen LogP contribution in [0.3, 0.4) is 0 Å². The van der Waals surface area contributed by atoms with Crippen LogP contribution in [0, 0.1) is 0 Å². The third-order valence-electron chi connectivity index (χ3n) is 4.28. The summed E-state index contributed by atoms with van der Waals surface area (Å²) < 4.78 is 6.05. The molecule has 3 nitrogen and oxygen atoms in total. The van der Waals surface area contributed by atoms with E-state index in [1.54, 1.807) is 6.20 Å². The summed E-state index contributed by atoms with van der Waals surface area (Å²) in [6.07, 6.45) is 2.61. The standard InChI is InChI=1S/C22H17NO2/c24-14-18-13-23-21-11-10-17(12-20(18)21)19-8-4-5-9-22(19)25-15-16-6-2-1-3-7-16/h1-14,23H,15H2. The molecule has 0 unspecified atom stereocenters. The molecule has 0 saturated carbocycles. The Morgan fingerprint density at radius 3 is 2.56 bits per heavy atom. The first kappa shape index (κ1) is 15.2. The molecule has 4 rings (SSSR count). The summed E-state index contributed by atoms with van der Waals surface area (Å²) in [7, 11) is 0. The van der Waals surface area contributed by atoms with Crippen molar-refractivity contribution in [2.24, 2.45) is 0 Å². The van der Waals surface area contributed by atoms with Gasteiger partial charge in [-0.05, 0) is 29.3 Å². The molecule has 25 heavy (non-hydrogen) atoms. The zero-order valence-corrected chi connectivity index (χ0v) is 13.6. The fourth-order valence-electron chi connectivity index (χ4n) is 2.97. The van der Waals surface area contributed by atoms with Crippen molar-refractivity contribution in [1.29, 1.82) is 0 Å². The van der Waals surface area contributed by atoms with Gasteiger partial charge in [0, 0.05) is 28.2 Å². The molecule has 0 atom stereocenters. The van der Waals surface area contributed by atoms with Crippen LogP contribution in [0.15, 0.2) is 79.0 Å². The van der Waals surface area contributed by atoms with Gasteiger partial charge in [-0.3, -0.25) is 4.79 Å². The van der Waals surface area contributed by atoms with Crippen LogP contribution in [0.1, 0.15) is 15.9 Å². The van der Waals surface area contributed by atoms with Gasteiger partial charge in [0.25, 0.3) is 0 Å². The minimum atomic E-state index is 0.518. The van der Waals surface area contributed by atoms with Crippen molar-refractivity contribution in [2.45, 2.75) is 6.61 Å². The summed E-state index contributed by atoms with van der Waals surface area (Å²) in [5.74, 6) is 0.828. The van der Waals surface area contributed by atoms with Gasteiger partial charge in [0.1, 0.15) is 12.4 Å². The lowest BCUT2D eigenvalue weighted by Gasteiger charge is -2.12. The number of ether oxygens (including phenoxy) is 1. The van der Waals surface area contributed by atoms with Crippen LogP contribution in [0.2, 0.25) is 0 Å². The summed E-state index contributed by atoms with van der Waals surface area (Å²) in [6.45, 7) is 0.518. The van der Waals surface area contributed by atoms with Gasteiger partial charge in [0.2, 0.25) is 0 Å². The number of aromatic amines is 1. The van der Waals surface area contributed by atoms with Crippen LogP contribution in [0.25, 0.3) is 22.0 Å². The molecule has 0 spiro atoms. The minimum Gasteiger partial charge on any atom is -0.488 e. The zero-order valence-electron chi connectivity index (χ0n) is 13.6. The molecule has 3 aromatic carbocycles. The number of hydrogen-bond donors (Lipinski definition) is 1. The second-order valence-corrected chi connectivity index (χ2v) is 5.89. The van der Waals surface area contributed by atoms with Crippen LogP contribution >= 0.6 is 0 Å². The van der Waals surface area contributed by atoms with Crippen molar-refractivity contribution >= 4 is 17.2 Å². The third-order valence-corrected chi connectivity index (χ3v) is 4.28. The summed E-state index contributed by atoms with van der Waals surface area (Å²) in [6, 6.07) is 24.1. The Morgan fingerprint density at radius 1 is 0.920 bits per heavy atom. The largest absolute Gasteiger partial charge is 0.488 e. The van der Waals surface area contributed by atoms with Gasteiger partial charge in [-0.1, -0.05) is 54.6 Å². The van der Waals surface area contributed by atoms with Crippen LogP contribution in [-0.2, 0) is 6.61 Å². The molecule has 4 aromatic rings. The van der Waals surface area contributed by atoms with Crippen LogP contribution in [0.5, 0.6) is 5.75 Å². The highest BCUT2D eigenvalue weighted by Crippen LogP contribution is 2.33. The first-order chi connectivity index (χ1) is 12.3. The maximum atomic E-state index is 11.2. The molecule has 0 amide bonds. The lowest BCUT2D eigenvalue weighted by molar-refractivity contribution is 0.112. The van der Waals surface area contributed by atoms with Gasteiger partial charge in [0.05, 0.1) is 0 Å². The van der Waals surface area contributed by atoms with E-state index >= 15 is 0 Å². The highest BCUT2D eigenvalue weighted by Gasteiger charge is 2.09. The molecule has 0 bridgehead atoms. The van der Waals surface area contributed by atoms with E-state index in [-0.39, 0.29) is 0 Å². The van der Waals surface area contributed by atoms with Gasteiger partial charge in [-0.25, -0.2) is 0 Å². The van der Waals surface area contributed by atoms with Crippen molar-refractivity contribution in [3.63, 3.8) is 0 Å². The molecule has 0 fully saturated rings. The number of aromatic nitrogens is 1. The Hall–Kier alpha value is -3.33. The fourth-order valence-corrected chi connectivity index (χ4v) is 2.97. The Morgan fingerprint density at radius 2 is 1.72 bits per heavy atom. The topological polar surface area (TPSA) is 42.1 Å². The van der Waals surface area contributed by atoms with E-state index in [2.05, 4.69) is 4.98 Å². The predicted octanol–water partition coefficient (Wildman–Crippen LogP) is 5.23. The highest BCUT2D eigenvalue weighted by molar-refractivity contribution is 5.99. The number of aldehydes is 1. The van der Waals surface area contributed by atoms with Crippen molar-refractivity contribution < 1.29 is 9.53 Å². The van der Waals surface area contributed by atoms with E-state index in [1.165, 1.54) is 0 Å². The van der Waals surface area contributed by atoms with Crippen LogP contribution in [-0.4, -0.2) is 11.3 Å². The normalized spacial score (nSPS) is 10.7. The van der Waals surface area contributed by atoms with Gasteiger partial charge in [-0.2, -0.15) is 0 Å². The second-order valence-electron chi connectivity index (χ2n) is 5.89. The Kier molecular flexibility index (Phi) is 4.05. The SMILES string of the molecule is O=Cc1c[nH]c2ccc(-c3ccccc3OCc3ccccc3)cc12. The number of carbonyl (C=O) groups excluding carboxylic acids is 1. The van der Waals surface area contributed by atoms with Crippen molar-refractivity contribution in [1.82, 2.24) is 4.98 Å². The van der Waals surface area contributed by atoms with Gasteiger partial charge < -0.3 is 9.72 Å². The number of rotatable bonds is 5. The zero-order chi connectivity index (χ0) is 17.1. The predicted molar refractivity (Wildman–Crippen MR) is 99.9 cm³/mol. The molecule has 1 heterocycles. The van der Waals surface area contributed by atoms with Crippen molar-refractivity contribution in [2.75, 3.05) is 0 Å². The molecule has 0 aliphatic carbocycles. The molecule has 0 saturated heterocycles. The number of carbonyl (C=O) groups is 1. The fraction of sp³-hybridized carbons (Fsp3) is 0.0455. The molecule has 1 N–H and O–H groups in total. The lowest BCUT2D eigenvalue weighted by Crippen LogP contribution is -1.96. The number of fused-ring (bicyclic) bond motifs is 1. The van der Waals surface area contributed by atoms with Crippen molar-refractivity contribution in [3.05, 3.63) is 90.1 Å². The van der Waals surface area contributed by atoms with Crippen LogP contribution < -0.4 is 4.74 Å². The Labute approximate surface area is 145 Å². The lowest BCUT2D eigenvalue weighted by atomic mass is 10.0. The molecule has 0 aliphatic heterocycles.